The van der Waals surface area contributed by atoms with Gasteiger partial charge in [-0.05, 0) is 66.3 Å². The third kappa shape index (κ3) is 7.66. The Kier molecular flexibility index (Phi) is 9.19. The van der Waals surface area contributed by atoms with Crippen molar-refractivity contribution in [3.63, 3.8) is 0 Å². The standard InChI is InChI=1S/C27H29ClF6O/c1-2-3-4-18-5-7-19(8-6-18)9-10-20-11-13-21(14-12-20)22-15-16-24(23(28)17-22)35-27(33,34)25(29)26(30,31)32/h9-19,25H,2-8H2,1H3/b10-9+. The van der Waals surface area contributed by atoms with Crippen molar-refractivity contribution in [1.82, 2.24) is 0 Å². The van der Waals surface area contributed by atoms with Crippen LogP contribution in [0.15, 0.2) is 48.5 Å². The molecule has 1 atom stereocenters. The zero-order valence-electron chi connectivity index (χ0n) is 19.4. The molecule has 1 nitrogen and oxygen atoms in total. The molecule has 35 heavy (non-hydrogen) atoms. The van der Waals surface area contributed by atoms with Crippen LogP contribution in [0.5, 0.6) is 5.75 Å². The molecule has 0 radical (unpaired) electrons. The van der Waals surface area contributed by atoms with Crippen LogP contribution in [0.1, 0.15) is 57.4 Å². The summed E-state index contributed by atoms with van der Waals surface area (Å²) in [6, 6.07) is 11.2. The van der Waals surface area contributed by atoms with E-state index < -0.39 is 24.2 Å². The Morgan fingerprint density at radius 3 is 2.17 bits per heavy atom. The minimum atomic E-state index is -5.76. The van der Waals surface area contributed by atoms with Gasteiger partial charge >= 0.3 is 12.3 Å². The third-order valence-electron chi connectivity index (χ3n) is 6.42. The molecule has 1 unspecified atom stereocenters. The first kappa shape index (κ1) is 27.4. The molecule has 8 heteroatoms. The molecule has 0 heterocycles. The summed E-state index contributed by atoms with van der Waals surface area (Å²) in [4.78, 5) is 0. The Morgan fingerprint density at radius 2 is 1.60 bits per heavy atom. The fourth-order valence-electron chi connectivity index (χ4n) is 4.35. The highest BCUT2D eigenvalue weighted by Gasteiger charge is 2.59. The summed E-state index contributed by atoms with van der Waals surface area (Å²) < 4.78 is 81.1. The Morgan fingerprint density at radius 1 is 0.971 bits per heavy atom. The number of alkyl halides is 6. The van der Waals surface area contributed by atoms with Gasteiger partial charge in [-0.25, -0.2) is 4.39 Å². The third-order valence-corrected chi connectivity index (χ3v) is 6.72. The predicted octanol–water partition coefficient (Wildman–Crippen LogP) is 9.89. The van der Waals surface area contributed by atoms with Crippen molar-refractivity contribution in [2.24, 2.45) is 11.8 Å². The van der Waals surface area contributed by atoms with Crippen molar-refractivity contribution >= 4 is 17.7 Å². The molecule has 2 aromatic rings. The van der Waals surface area contributed by atoms with Crippen LogP contribution in [-0.4, -0.2) is 18.5 Å². The molecule has 3 rings (SSSR count). The van der Waals surface area contributed by atoms with E-state index in [2.05, 4.69) is 23.8 Å². The summed E-state index contributed by atoms with van der Waals surface area (Å²) in [5.74, 6) is 0.700. The zero-order valence-corrected chi connectivity index (χ0v) is 20.2. The quantitative estimate of drug-likeness (QED) is 0.300. The van der Waals surface area contributed by atoms with E-state index in [1.165, 1.54) is 57.1 Å². The molecule has 1 fully saturated rings. The van der Waals surface area contributed by atoms with Gasteiger partial charge in [-0.15, -0.1) is 0 Å². The molecule has 0 amide bonds. The van der Waals surface area contributed by atoms with Gasteiger partial charge < -0.3 is 4.74 Å². The van der Waals surface area contributed by atoms with Crippen molar-refractivity contribution in [3.05, 3.63) is 59.1 Å². The number of rotatable bonds is 9. The molecule has 0 spiro atoms. The van der Waals surface area contributed by atoms with Crippen LogP contribution in [0.25, 0.3) is 17.2 Å². The Labute approximate surface area is 207 Å². The molecule has 0 saturated heterocycles. The number of ether oxygens (including phenoxy) is 1. The van der Waals surface area contributed by atoms with Crippen LogP contribution in [0.4, 0.5) is 26.3 Å². The second-order valence-corrected chi connectivity index (χ2v) is 9.52. The zero-order chi connectivity index (χ0) is 25.6. The van der Waals surface area contributed by atoms with Crippen LogP contribution < -0.4 is 4.74 Å². The normalized spacial score (nSPS) is 20.2. The maximum absolute atomic E-state index is 13.5. The molecular formula is C27H29ClF6O. The van der Waals surface area contributed by atoms with Crippen LogP contribution in [0.2, 0.25) is 5.02 Å². The molecule has 0 bridgehead atoms. The first-order valence-corrected chi connectivity index (χ1v) is 12.2. The summed E-state index contributed by atoms with van der Waals surface area (Å²) in [6.07, 6.45) is -2.12. The number of hydrogen-bond acceptors (Lipinski definition) is 1. The molecule has 1 aliphatic carbocycles. The number of unbranched alkanes of at least 4 members (excludes halogenated alkanes) is 1. The van der Waals surface area contributed by atoms with Crippen LogP contribution in [0.3, 0.4) is 0 Å². The highest BCUT2D eigenvalue weighted by molar-refractivity contribution is 6.32. The molecule has 1 aliphatic rings. The highest BCUT2D eigenvalue weighted by Crippen LogP contribution is 2.39. The van der Waals surface area contributed by atoms with Crippen LogP contribution in [-0.2, 0) is 0 Å². The van der Waals surface area contributed by atoms with Gasteiger partial charge in [0.15, 0.2) is 0 Å². The fraction of sp³-hybridized carbons (Fsp3) is 0.481. The first-order valence-electron chi connectivity index (χ1n) is 11.9. The van der Waals surface area contributed by atoms with Gasteiger partial charge in [0.2, 0.25) is 0 Å². The van der Waals surface area contributed by atoms with E-state index in [0.29, 0.717) is 11.5 Å². The monoisotopic (exact) mass is 518 g/mol. The fourth-order valence-corrected chi connectivity index (χ4v) is 4.57. The summed E-state index contributed by atoms with van der Waals surface area (Å²) in [7, 11) is 0. The van der Waals surface area contributed by atoms with E-state index in [4.69, 9.17) is 11.6 Å². The maximum Gasteiger partial charge on any atom is 0.439 e. The lowest BCUT2D eigenvalue weighted by molar-refractivity contribution is -0.304. The Balaban J connectivity index is 1.60. The van der Waals surface area contributed by atoms with Crippen molar-refractivity contribution in [3.8, 4) is 16.9 Å². The van der Waals surface area contributed by atoms with E-state index in [1.54, 1.807) is 0 Å². The lowest BCUT2D eigenvalue weighted by atomic mass is 9.79. The van der Waals surface area contributed by atoms with Gasteiger partial charge in [0.05, 0.1) is 5.02 Å². The number of benzene rings is 2. The van der Waals surface area contributed by atoms with Gasteiger partial charge in [0.1, 0.15) is 5.75 Å². The highest BCUT2D eigenvalue weighted by atomic mass is 35.5. The number of halogens is 7. The van der Waals surface area contributed by atoms with Crippen molar-refractivity contribution in [2.45, 2.75) is 70.3 Å². The summed E-state index contributed by atoms with van der Waals surface area (Å²) in [5.41, 5.74) is 2.31. The molecule has 0 aliphatic heterocycles. The van der Waals surface area contributed by atoms with Crippen molar-refractivity contribution in [1.29, 1.82) is 0 Å². The van der Waals surface area contributed by atoms with E-state index in [9.17, 15) is 26.3 Å². The minimum absolute atomic E-state index is 0.352. The van der Waals surface area contributed by atoms with Gasteiger partial charge in [-0.3, -0.25) is 0 Å². The second-order valence-electron chi connectivity index (χ2n) is 9.12. The smallest absolute Gasteiger partial charge is 0.429 e. The molecule has 2 aromatic carbocycles. The molecular weight excluding hydrogens is 490 g/mol. The topological polar surface area (TPSA) is 9.23 Å². The van der Waals surface area contributed by atoms with E-state index in [0.717, 1.165) is 23.1 Å². The summed E-state index contributed by atoms with van der Waals surface area (Å²) >= 11 is 5.94. The molecule has 0 aromatic heterocycles. The van der Waals surface area contributed by atoms with E-state index in [1.807, 2.05) is 24.3 Å². The van der Waals surface area contributed by atoms with Gasteiger partial charge in [0.25, 0.3) is 6.17 Å². The Bertz CT molecular complexity index is 978. The van der Waals surface area contributed by atoms with Crippen LogP contribution >= 0.6 is 11.6 Å². The molecule has 0 N–H and O–H groups in total. The van der Waals surface area contributed by atoms with Gasteiger partial charge in [0, 0.05) is 0 Å². The summed E-state index contributed by atoms with van der Waals surface area (Å²) in [5, 5.41) is -0.352. The summed E-state index contributed by atoms with van der Waals surface area (Å²) in [6.45, 7) is 2.23. The average molecular weight is 519 g/mol. The van der Waals surface area contributed by atoms with Crippen LogP contribution in [0, 0.1) is 11.8 Å². The average Bonchev–Trinajstić information content (AvgIpc) is 2.82. The largest absolute Gasteiger partial charge is 0.439 e. The maximum atomic E-state index is 13.5. The van der Waals surface area contributed by atoms with Crippen molar-refractivity contribution in [2.75, 3.05) is 0 Å². The van der Waals surface area contributed by atoms with Crippen molar-refractivity contribution < 1.29 is 31.1 Å². The minimum Gasteiger partial charge on any atom is -0.429 e. The number of hydrogen-bond donors (Lipinski definition) is 0. The lowest BCUT2D eigenvalue weighted by Crippen LogP contribution is -2.45. The first-order chi connectivity index (χ1) is 16.5. The van der Waals surface area contributed by atoms with E-state index in [-0.39, 0.29) is 5.02 Å². The molecule has 1 saturated carbocycles. The predicted molar refractivity (Wildman–Crippen MR) is 127 cm³/mol. The second kappa shape index (κ2) is 11.7. The number of allylic oxidation sites excluding steroid dienone is 1. The Hall–Kier alpha value is -2.15. The van der Waals surface area contributed by atoms with E-state index >= 15 is 0 Å². The molecule has 192 valence electrons. The lowest BCUT2D eigenvalue weighted by Gasteiger charge is -2.26. The van der Waals surface area contributed by atoms with Gasteiger partial charge in [-0.1, -0.05) is 80.3 Å². The SMILES string of the molecule is CCCCC1CCC(/C=C/c2ccc(-c3ccc(OC(F)(F)C(F)C(F)(F)F)c(Cl)c3)cc2)CC1. The van der Waals surface area contributed by atoms with Gasteiger partial charge in [-0.2, -0.15) is 22.0 Å².